The maximum atomic E-state index is 13.2. The minimum atomic E-state index is -3.56. The maximum absolute atomic E-state index is 13.2. The number of aromatic nitrogens is 1. The molecule has 208 valence electrons. The Morgan fingerprint density at radius 1 is 1.13 bits per heavy atom. The van der Waals surface area contributed by atoms with Gasteiger partial charge in [-0.2, -0.15) is 4.31 Å². The molecule has 4 heterocycles. The van der Waals surface area contributed by atoms with E-state index in [0.717, 1.165) is 12.8 Å². The lowest BCUT2D eigenvalue weighted by molar-refractivity contribution is -0.119. The zero-order valence-corrected chi connectivity index (χ0v) is 23.0. The van der Waals surface area contributed by atoms with E-state index in [1.54, 1.807) is 46.6 Å². The van der Waals surface area contributed by atoms with E-state index in [1.807, 2.05) is 17.9 Å². The van der Waals surface area contributed by atoms with Crippen molar-refractivity contribution in [3.8, 4) is 0 Å². The molecule has 1 aromatic heterocycles. The molecule has 1 saturated carbocycles. The molecule has 39 heavy (non-hydrogen) atoms. The molecule has 0 bridgehead atoms. The third kappa shape index (κ3) is 4.39. The molecular weight excluding hydrogens is 520 g/mol. The Balaban J connectivity index is 1.24. The summed E-state index contributed by atoms with van der Waals surface area (Å²) in [6, 6.07) is 9.94. The highest BCUT2D eigenvalue weighted by atomic mass is 32.2. The maximum Gasteiger partial charge on any atom is 0.407 e. The van der Waals surface area contributed by atoms with Crippen LogP contribution in [0, 0.1) is 5.41 Å². The number of hydrogen-bond acceptors (Lipinski definition) is 7. The van der Waals surface area contributed by atoms with Crippen LogP contribution in [0.4, 0.5) is 27.8 Å². The lowest BCUT2D eigenvalue weighted by atomic mass is 9.65. The highest BCUT2D eigenvalue weighted by Crippen LogP contribution is 2.49. The van der Waals surface area contributed by atoms with Crippen LogP contribution in [-0.2, 0) is 14.8 Å². The monoisotopic (exact) mass is 554 g/mol. The Labute approximate surface area is 228 Å². The van der Waals surface area contributed by atoms with Gasteiger partial charge in [0.05, 0.1) is 10.6 Å². The van der Waals surface area contributed by atoms with Gasteiger partial charge in [0.25, 0.3) is 0 Å². The minimum Gasteiger partial charge on any atom is -0.465 e. The predicted octanol–water partition coefficient (Wildman–Crippen LogP) is 3.31. The number of amides is 2. The second kappa shape index (κ2) is 9.37. The van der Waals surface area contributed by atoms with Crippen molar-refractivity contribution >= 4 is 45.0 Å². The Morgan fingerprint density at radius 2 is 1.85 bits per heavy atom. The molecule has 3 aliphatic heterocycles. The summed E-state index contributed by atoms with van der Waals surface area (Å²) in [5, 5.41) is 12.6. The molecule has 0 unspecified atom stereocenters. The highest BCUT2D eigenvalue weighted by Gasteiger charge is 2.51. The van der Waals surface area contributed by atoms with Crippen LogP contribution in [-0.4, -0.2) is 85.0 Å². The fraction of sp³-hybridized carbons (Fsp3) is 0.519. The molecule has 2 amide bonds. The first-order chi connectivity index (χ1) is 18.6. The van der Waals surface area contributed by atoms with E-state index in [9.17, 15) is 23.1 Å². The van der Waals surface area contributed by atoms with Crippen LogP contribution in [0.25, 0.3) is 0 Å². The molecule has 1 atom stereocenters. The van der Waals surface area contributed by atoms with Crippen LogP contribution < -0.4 is 15.1 Å². The van der Waals surface area contributed by atoms with Gasteiger partial charge in [0.1, 0.15) is 11.9 Å². The van der Waals surface area contributed by atoms with Gasteiger partial charge in [-0.15, -0.1) is 0 Å². The number of anilines is 4. The van der Waals surface area contributed by atoms with Crippen LogP contribution >= 0.6 is 0 Å². The quantitative estimate of drug-likeness (QED) is 0.577. The standard InChI is InChI=1S/C27H34N6O5S/c1-18-25(34)30(2)22-7-8-23(29-24(22)33(18)20-9-13-31(14-10-20)26(35)36)28-19-5-3-6-21(15-19)39(37,38)32-16-27(17-32)11-4-12-27/h3,5-8,15,18,20H,4,9-14,16-17H2,1-2H3,(H,28,29)(H,35,36)/t18-/m1/s1. The van der Waals surface area contributed by atoms with Crippen LogP contribution in [0.3, 0.4) is 0 Å². The van der Waals surface area contributed by atoms with Gasteiger partial charge in [-0.05, 0) is 68.4 Å². The Morgan fingerprint density at radius 3 is 2.49 bits per heavy atom. The second-order valence-corrected chi connectivity index (χ2v) is 13.2. The summed E-state index contributed by atoms with van der Waals surface area (Å²) in [6.07, 6.45) is 3.68. The summed E-state index contributed by atoms with van der Waals surface area (Å²) in [5.74, 6) is 1.14. The number of carbonyl (C=O) groups excluding carboxylic acids is 1. The first kappa shape index (κ1) is 25.9. The van der Waals surface area contributed by atoms with Crippen molar-refractivity contribution in [3.05, 3.63) is 36.4 Å². The number of carboxylic acid groups (broad SMARTS) is 1. The summed E-state index contributed by atoms with van der Waals surface area (Å²) < 4.78 is 28.0. The number of nitrogens with one attached hydrogen (secondary N) is 1. The third-order valence-electron chi connectivity index (χ3n) is 8.88. The molecule has 1 aliphatic carbocycles. The van der Waals surface area contributed by atoms with Gasteiger partial charge in [0.2, 0.25) is 15.9 Å². The molecule has 1 spiro atoms. The van der Waals surface area contributed by atoms with E-state index in [1.165, 1.54) is 11.3 Å². The zero-order chi connectivity index (χ0) is 27.5. The smallest absolute Gasteiger partial charge is 0.407 e. The molecule has 12 heteroatoms. The van der Waals surface area contributed by atoms with Crippen molar-refractivity contribution in [1.29, 1.82) is 0 Å². The van der Waals surface area contributed by atoms with Crippen molar-refractivity contribution in [2.75, 3.05) is 48.3 Å². The number of nitrogens with zero attached hydrogens (tertiary/aromatic N) is 5. The average Bonchev–Trinajstić information content (AvgIpc) is 2.86. The average molecular weight is 555 g/mol. The Kier molecular flexibility index (Phi) is 6.22. The van der Waals surface area contributed by atoms with E-state index < -0.39 is 22.2 Å². The number of rotatable bonds is 5. The summed E-state index contributed by atoms with van der Waals surface area (Å²) >= 11 is 0. The molecule has 11 nitrogen and oxygen atoms in total. The molecule has 6 rings (SSSR count). The lowest BCUT2D eigenvalue weighted by Gasteiger charge is -2.54. The highest BCUT2D eigenvalue weighted by molar-refractivity contribution is 7.89. The molecule has 1 aromatic carbocycles. The van der Waals surface area contributed by atoms with Crippen LogP contribution in [0.5, 0.6) is 0 Å². The number of sulfonamides is 1. The molecule has 3 fully saturated rings. The zero-order valence-electron chi connectivity index (χ0n) is 22.2. The number of hydrogen-bond donors (Lipinski definition) is 2. The first-order valence-corrected chi connectivity index (χ1v) is 14.9. The first-order valence-electron chi connectivity index (χ1n) is 13.5. The summed E-state index contributed by atoms with van der Waals surface area (Å²) in [4.78, 5) is 34.6. The predicted molar refractivity (Wildman–Crippen MR) is 147 cm³/mol. The largest absolute Gasteiger partial charge is 0.465 e. The fourth-order valence-electron chi connectivity index (χ4n) is 6.38. The molecule has 0 radical (unpaired) electrons. The molecular formula is C27H34N6O5S. The van der Waals surface area contributed by atoms with Gasteiger partial charge < -0.3 is 25.1 Å². The van der Waals surface area contributed by atoms with Gasteiger partial charge in [-0.25, -0.2) is 18.2 Å². The number of likely N-dealkylation sites (tertiary alicyclic amines) is 1. The number of fused-ring (bicyclic) bond motifs is 1. The normalized spacial score (nSPS) is 23.3. The van der Waals surface area contributed by atoms with Crippen molar-refractivity contribution in [1.82, 2.24) is 14.2 Å². The van der Waals surface area contributed by atoms with Crippen LogP contribution in [0.1, 0.15) is 39.0 Å². The van der Waals surface area contributed by atoms with Gasteiger partial charge >= 0.3 is 6.09 Å². The van der Waals surface area contributed by atoms with E-state index in [-0.39, 0.29) is 22.3 Å². The number of pyridine rings is 1. The number of benzene rings is 1. The minimum absolute atomic E-state index is 0.0290. The number of piperidine rings is 1. The molecule has 2 aromatic rings. The SMILES string of the molecule is C[C@@H]1C(=O)N(C)c2ccc(Nc3cccc(S(=O)(=O)N4CC5(CCC5)C4)c3)nc2N1C1CCN(C(=O)O)CC1. The van der Waals surface area contributed by atoms with Crippen LogP contribution in [0.15, 0.2) is 41.3 Å². The van der Waals surface area contributed by atoms with Gasteiger partial charge in [-0.1, -0.05) is 12.5 Å². The van der Waals surface area contributed by atoms with Crippen molar-refractivity contribution in [2.45, 2.75) is 56.0 Å². The van der Waals surface area contributed by atoms with Crippen molar-refractivity contribution < 1.29 is 23.1 Å². The lowest BCUT2D eigenvalue weighted by Crippen LogP contribution is -2.61. The Bertz CT molecular complexity index is 1410. The van der Waals surface area contributed by atoms with E-state index >= 15 is 0 Å². The van der Waals surface area contributed by atoms with E-state index in [4.69, 9.17) is 4.98 Å². The Hall–Kier alpha value is -3.38. The van der Waals surface area contributed by atoms with Crippen molar-refractivity contribution in [3.63, 3.8) is 0 Å². The summed E-state index contributed by atoms with van der Waals surface area (Å²) in [6.45, 7) is 3.86. The molecule has 2 saturated heterocycles. The topological polar surface area (TPSA) is 126 Å². The van der Waals surface area contributed by atoms with E-state index in [0.29, 0.717) is 62.0 Å². The molecule has 4 aliphatic rings. The van der Waals surface area contributed by atoms with Gasteiger partial charge in [0.15, 0.2) is 5.82 Å². The van der Waals surface area contributed by atoms with E-state index in [2.05, 4.69) is 5.32 Å². The second-order valence-electron chi connectivity index (χ2n) is 11.3. The molecule has 2 N–H and O–H groups in total. The summed E-state index contributed by atoms with van der Waals surface area (Å²) in [5.41, 5.74) is 1.50. The third-order valence-corrected chi connectivity index (χ3v) is 10.7. The van der Waals surface area contributed by atoms with Gasteiger partial charge in [-0.3, -0.25) is 4.79 Å². The number of carbonyl (C=O) groups is 2. The van der Waals surface area contributed by atoms with Crippen molar-refractivity contribution in [2.24, 2.45) is 5.41 Å². The summed E-state index contributed by atoms with van der Waals surface area (Å²) in [7, 11) is -1.83. The fourth-order valence-corrected chi connectivity index (χ4v) is 8.10. The number of likely N-dealkylation sites (N-methyl/N-ethyl adjacent to an activating group) is 1. The van der Waals surface area contributed by atoms with Crippen LogP contribution in [0.2, 0.25) is 0 Å². The van der Waals surface area contributed by atoms with Gasteiger partial charge in [0, 0.05) is 45.0 Å².